The van der Waals surface area contributed by atoms with E-state index in [-0.39, 0.29) is 0 Å². The SMILES string of the molecule is CCCCc1nc2ncc(Br)cc2n1Cc1ccc(-c2ccccc2C(=O)O)cc1. The largest absolute Gasteiger partial charge is 0.478 e. The highest BCUT2D eigenvalue weighted by atomic mass is 79.9. The molecule has 0 aliphatic heterocycles. The van der Waals surface area contributed by atoms with Crippen LogP contribution in [0.4, 0.5) is 0 Å². The second-order valence-electron chi connectivity index (χ2n) is 7.26. The van der Waals surface area contributed by atoms with Crippen LogP contribution in [0.5, 0.6) is 0 Å². The van der Waals surface area contributed by atoms with Gasteiger partial charge in [0, 0.05) is 23.6 Å². The lowest BCUT2D eigenvalue weighted by molar-refractivity contribution is 0.0697. The summed E-state index contributed by atoms with van der Waals surface area (Å²) in [6.07, 6.45) is 4.87. The number of carboxylic acid groups (broad SMARTS) is 1. The van der Waals surface area contributed by atoms with Crippen LogP contribution in [0.25, 0.3) is 22.3 Å². The molecule has 0 aliphatic rings. The molecule has 0 unspecified atom stereocenters. The third-order valence-corrected chi connectivity index (χ3v) is 5.60. The molecule has 152 valence electrons. The molecule has 6 heteroatoms. The topological polar surface area (TPSA) is 68.0 Å². The summed E-state index contributed by atoms with van der Waals surface area (Å²) in [6.45, 7) is 2.87. The van der Waals surface area contributed by atoms with Crippen molar-refractivity contribution in [1.29, 1.82) is 0 Å². The van der Waals surface area contributed by atoms with Gasteiger partial charge in [-0.15, -0.1) is 0 Å². The molecule has 0 spiro atoms. The molecule has 0 saturated heterocycles. The molecule has 4 aromatic rings. The van der Waals surface area contributed by atoms with Crippen LogP contribution in [0.1, 0.15) is 41.5 Å². The van der Waals surface area contributed by atoms with E-state index >= 15 is 0 Å². The molecule has 2 aromatic carbocycles. The monoisotopic (exact) mass is 463 g/mol. The summed E-state index contributed by atoms with van der Waals surface area (Å²) in [5, 5.41) is 9.46. The van der Waals surface area contributed by atoms with Crippen LogP contribution in [-0.4, -0.2) is 25.6 Å². The first kappa shape index (κ1) is 20.3. The normalized spacial score (nSPS) is 11.1. The Morgan fingerprint density at radius 3 is 2.63 bits per heavy atom. The number of carboxylic acids is 1. The average Bonchev–Trinajstić information content (AvgIpc) is 3.09. The third-order valence-electron chi connectivity index (χ3n) is 5.17. The fourth-order valence-corrected chi connectivity index (χ4v) is 3.94. The van der Waals surface area contributed by atoms with Gasteiger partial charge in [-0.25, -0.2) is 14.8 Å². The summed E-state index contributed by atoms with van der Waals surface area (Å²) >= 11 is 3.52. The number of imidazole rings is 1. The van der Waals surface area contributed by atoms with Crippen molar-refractivity contribution in [2.24, 2.45) is 0 Å². The van der Waals surface area contributed by atoms with E-state index < -0.39 is 5.97 Å². The van der Waals surface area contributed by atoms with E-state index in [9.17, 15) is 9.90 Å². The Morgan fingerprint density at radius 2 is 1.90 bits per heavy atom. The maximum Gasteiger partial charge on any atom is 0.336 e. The fourth-order valence-electron chi connectivity index (χ4n) is 3.62. The number of fused-ring (bicyclic) bond motifs is 1. The minimum Gasteiger partial charge on any atom is -0.478 e. The number of aryl methyl sites for hydroxylation is 1. The van der Waals surface area contributed by atoms with Gasteiger partial charge in [0.25, 0.3) is 0 Å². The van der Waals surface area contributed by atoms with Crippen molar-refractivity contribution in [3.05, 3.63) is 82.2 Å². The predicted molar refractivity (Wildman–Crippen MR) is 122 cm³/mol. The number of rotatable bonds is 7. The molecule has 0 fully saturated rings. The minimum absolute atomic E-state index is 0.309. The Hall–Kier alpha value is -2.99. The second-order valence-corrected chi connectivity index (χ2v) is 8.18. The average molecular weight is 464 g/mol. The van der Waals surface area contributed by atoms with Gasteiger partial charge in [-0.05, 0) is 51.2 Å². The molecule has 0 atom stereocenters. The number of pyridine rings is 1. The Labute approximate surface area is 183 Å². The molecular weight excluding hydrogens is 442 g/mol. The van der Waals surface area contributed by atoms with E-state index in [0.29, 0.717) is 12.1 Å². The molecular formula is C24H22BrN3O2. The molecule has 0 radical (unpaired) electrons. The number of nitrogens with zero attached hydrogens (tertiary/aromatic N) is 3. The maximum atomic E-state index is 11.5. The second kappa shape index (κ2) is 8.79. The number of hydrogen-bond donors (Lipinski definition) is 1. The van der Waals surface area contributed by atoms with Crippen LogP contribution in [-0.2, 0) is 13.0 Å². The molecule has 2 heterocycles. The smallest absolute Gasteiger partial charge is 0.336 e. The van der Waals surface area contributed by atoms with E-state index in [1.807, 2.05) is 24.3 Å². The van der Waals surface area contributed by atoms with Gasteiger partial charge in [0.1, 0.15) is 5.82 Å². The Balaban J connectivity index is 1.68. The van der Waals surface area contributed by atoms with Gasteiger partial charge in [0.15, 0.2) is 5.65 Å². The summed E-state index contributed by atoms with van der Waals surface area (Å²) in [6, 6.07) is 17.2. The summed E-state index contributed by atoms with van der Waals surface area (Å²) in [7, 11) is 0. The highest BCUT2D eigenvalue weighted by Crippen LogP contribution is 2.26. The minimum atomic E-state index is -0.918. The van der Waals surface area contributed by atoms with Gasteiger partial charge in [0.2, 0.25) is 0 Å². The standard InChI is InChI=1S/C24H22BrN3O2/c1-2-3-8-22-27-23-21(13-18(25)14-26-23)28(22)15-16-9-11-17(12-10-16)19-6-4-5-7-20(19)24(29)30/h4-7,9-14H,2-3,8,15H2,1H3,(H,29,30). The van der Waals surface area contributed by atoms with E-state index in [1.54, 1.807) is 18.3 Å². The van der Waals surface area contributed by atoms with Crippen molar-refractivity contribution >= 4 is 33.1 Å². The number of benzene rings is 2. The van der Waals surface area contributed by atoms with Gasteiger partial charge >= 0.3 is 5.97 Å². The van der Waals surface area contributed by atoms with E-state index in [0.717, 1.165) is 57.4 Å². The van der Waals surface area contributed by atoms with Crippen LogP contribution in [0.2, 0.25) is 0 Å². The zero-order valence-corrected chi connectivity index (χ0v) is 18.3. The Morgan fingerprint density at radius 1 is 1.13 bits per heavy atom. The van der Waals surface area contributed by atoms with Crippen LogP contribution >= 0.6 is 15.9 Å². The van der Waals surface area contributed by atoms with Gasteiger partial charge in [-0.1, -0.05) is 55.8 Å². The molecule has 0 saturated carbocycles. The lowest BCUT2D eigenvalue weighted by atomic mass is 9.99. The van der Waals surface area contributed by atoms with Crippen molar-refractivity contribution in [1.82, 2.24) is 14.5 Å². The predicted octanol–water partition coefficient (Wildman–Crippen LogP) is 5.95. The third kappa shape index (κ3) is 4.14. The number of halogens is 1. The zero-order valence-electron chi connectivity index (χ0n) is 16.7. The number of carbonyl (C=O) groups is 1. The maximum absolute atomic E-state index is 11.5. The van der Waals surface area contributed by atoms with E-state index in [4.69, 9.17) is 4.98 Å². The Kier molecular flexibility index (Phi) is 5.95. The number of aromatic carboxylic acids is 1. The van der Waals surface area contributed by atoms with Crippen LogP contribution in [0.15, 0.2) is 65.3 Å². The summed E-state index contributed by atoms with van der Waals surface area (Å²) in [5.41, 5.74) is 4.82. The van der Waals surface area contributed by atoms with Crippen LogP contribution in [0, 0.1) is 0 Å². The summed E-state index contributed by atoms with van der Waals surface area (Å²) < 4.78 is 3.15. The first-order chi connectivity index (χ1) is 14.6. The summed E-state index contributed by atoms with van der Waals surface area (Å²) in [4.78, 5) is 20.7. The number of hydrogen-bond acceptors (Lipinski definition) is 3. The summed E-state index contributed by atoms with van der Waals surface area (Å²) in [5.74, 6) is 0.121. The lowest BCUT2D eigenvalue weighted by Gasteiger charge is -2.11. The molecule has 2 aromatic heterocycles. The fraction of sp³-hybridized carbons (Fsp3) is 0.208. The van der Waals surface area contributed by atoms with Gasteiger partial charge in [-0.2, -0.15) is 0 Å². The lowest BCUT2D eigenvalue weighted by Crippen LogP contribution is -2.05. The van der Waals surface area contributed by atoms with Crippen molar-refractivity contribution in [2.75, 3.05) is 0 Å². The van der Waals surface area contributed by atoms with E-state index in [1.165, 1.54) is 0 Å². The van der Waals surface area contributed by atoms with Crippen LogP contribution in [0.3, 0.4) is 0 Å². The molecule has 30 heavy (non-hydrogen) atoms. The molecule has 0 aliphatic carbocycles. The number of unbranched alkanes of at least 4 members (excludes halogenated alkanes) is 1. The van der Waals surface area contributed by atoms with Gasteiger partial charge in [-0.3, -0.25) is 0 Å². The zero-order chi connectivity index (χ0) is 21.1. The van der Waals surface area contributed by atoms with Gasteiger partial charge in [0.05, 0.1) is 11.1 Å². The van der Waals surface area contributed by atoms with Crippen molar-refractivity contribution in [3.63, 3.8) is 0 Å². The first-order valence-corrected chi connectivity index (χ1v) is 10.8. The number of aromatic nitrogens is 3. The van der Waals surface area contributed by atoms with Gasteiger partial charge < -0.3 is 9.67 Å². The van der Waals surface area contributed by atoms with Crippen molar-refractivity contribution in [2.45, 2.75) is 32.7 Å². The Bertz CT molecular complexity index is 1200. The highest BCUT2D eigenvalue weighted by Gasteiger charge is 2.14. The molecule has 1 N–H and O–H groups in total. The van der Waals surface area contributed by atoms with E-state index in [2.05, 4.69) is 50.6 Å². The molecule has 0 amide bonds. The van der Waals surface area contributed by atoms with Crippen LogP contribution < -0.4 is 0 Å². The molecule has 4 rings (SSSR count). The quantitative estimate of drug-likeness (QED) is 0.367. The highest BCUT2D eigenvalue weighted by molar-refractivity contribution is 9.10. The first-order valence-electron chi connectivity index (χ1n) is 9.99. The van der Waals surface area contributed by atoms with Crippen molar-refractivity contribution < 1.29 is 9.90 Å². The molecule has 0 bridgehead atoms. The van der Waals surface area contributed by atoms with Crippen molar-refractivity contribution in [3.8, 4) is 11.1 Å². The molecule has 5 nitrogen and oxygen atoms in total.